The van der Waals surface area contributed by atoms with Gasteiger partial charge in [-0.25, -0.2) is 4.98 Å². The lowest BCUT2D eigenvalue weighted by atomic mass is 10.1. The van der Waals surface area contributed by atoms with E-state index in [1.165, 1.54) is 19.3 Å². The number of piperidine rings is 1. The molecule has 0 amide bonds. The van der Waals surface area contributed by atoms with Crippen LogP contribution in [0.2, 0.25) is 0 Å². The second-order valence-electron chi connectivity index (χ2n) is 4.74. The topological polar surface area (TPSA) is 62.1 Å². The van der Waals surface area contributed by atoms with E-state index in [0.717, 1.165) is 35.5 Å². The lowest BCUT2D eigenvalue weighted by Gasteiger charge is -2.26. The molecule has 0 radical (unpaired) electrons. The highest BCUT2D eigenvalue weighted by Gasteiger charge is 2.19. The minimum Gasteiger partial charge on any atom is -0.353 e. The number of nitrogens with one attached hydrogen (secondary N) is 1. The number of anilines is 1. The molecule has 18 heavy (non-hydrogen) atoms. The Morgan fingerprint density at radius 3 is 2.94 bits per heavy atom. The van der Waals surface area contributed by atoms with Gasteiger partial charge in [-0.15, -0.1) is 5.10 Å². The molecule has 92 valence electrons. The SMILES string of the molecule is c1cc2c(ncn3nnc(N4CCCCC4)c23)[nH]1. The molecule has 4 rings (SSSR count). The summed E-state index contributed by atoms with van der Waals surface area (Å²) in [5.41, 5.74) is 1.95. The van der Waals surface area contributed by atoms with Crippen LogP contribution in [0, 0.1) is 0 Å². The number of hydrogen-bond donors (Lipinski definition) is 1. The van der Waals surface area contributed by atoms with Gasteiger partial charge in [0.2, 0.25) is 0 Å². The van der Waals surface area contributed by atoms with Crippen LogP contribution in [0.3, 0.4) is 0 Å². The number of rotatable bonds is 1. The summed E-state index contributed by atoms with van der Waals surface area (Å²) in [5.74, 6) is 0.988. The van der Waals surface area contributed by atoms with E-state index in [4.69, 9.17) is 0 Å². The van der Waals surface area contributed by atoms with Crippen molar-refractivity contribution in [2.45, 2.75) is 19.3 Å². The Hall–Kier alpha value is -2.11. The molecule has 3 aromatic rings. The van der Waals surface area contributed by atoms with Crippen molar-refractivity contribution in [2.75, 3.05) is 18.0 Å². The molecule has 0 spiro atoms. The van der Waals surface area contributed by atoms with Crippen LogP contribution in [0.4, 0.5) is 5.82 Å². The normalized spacial score (nSPS) is 16.8. The van der Waals surface area contributed by atoms with Crippen LogP contribution in [0.1, 0.15) is 19.3 Å². The van der Waals surface area contributed by atoms with Crippen LogP contribution in [0.5, 0.6) is 0 Å². The van der Waals surface area contributed by atoms with Crippen LogP contribution >= 0.6 is 0 Å². The van der Waals surface area contributed by atoms with Crippen LogP contribution in [0.25, 0.3) is 16.6 Å². The van der Waals surface area contributed by atoms with Crippen molar-refractivity contribution in [3.63, 3.8) is 0 Å². The van der Waals surface area contributed by atoms with Crippen molar-refractivity contribution in [1.29, 1.82) is 0 Å². The standard InChI is InChI=1S/C12H14N6/c1-2-6-17(7-3-1)12-10-9-4-5-13-11(9)14-8-18(10)16-15-12/h4-5,8,13H,1-3,6-7H2. The molecule has 6 heteroatoms. The van der Waals surface area contributed by atoms with E-state index in [9.17, 15) is 0 Å². The molecule has 6 nitrogen and oxygen atoms in total. The van der Waals surface area contributed by atoms with Crippen molar-refractivity contribution in [2.24, 2.45) is 0 Å². The Kier molecular flexibility index (Phi) is 2.03. The molecule has 1 N–H and O–H groups in total. The third-order valence-corrected chi connectivity index (χ3v) is 3.61. The predicted molar refractivity (Wildman–Crippen MR) is 68.7 cm³/mol. The molecule has 1 saturated heterocycles. The maximum absolute atomic E-state index is 4.33. The van der Waals surface area contributed by atoms with Crippen molar-refractivity contribution < 1.29 is 0 Å². The highest BCUT2D eigenvalue weighted by molar-refractivity contribution is 5.97. The first kappa shape index (κ1) is 9.87. The fourth-order valence-corrected chi connectivity index (χ4v) is 2.70. The fourth-order valence-electron chi connectivity index (χ4n) is 2.70. The van der Waals surface area contributed by atoms with E-state index in [2.05, 4.69) is 25.2 Å². The summed E-state index contributed by atoms with van der Waals surface area (Å²) in [5, 5.41) is 9.59. The zero-order valence-electron chi connectivity index (χ0n) is 10.0. The van der Waals surface area contributed by atoms with Gasteiger partial charge in [-0.3, -0.25) is 0 Å². The average molecular weight is 242 g/mol. The molecule has 0 unspecified atom stereocenters. The molecule has 0 bridgehead atoms. The second kappa shape index (κ2) is 3.69. The summed E-state index contributed by atoms with van der Waals surface area (Å²) in [7, 11) is 0. The fraction of sp³-hybridized carbons (Fsp3) is 0.417. The van der Waals surface area contributed by atoms with Gasteiger partial charge in [0, 0.05) is 24.7 Å². The van der Waals surface area contributed by atoms with Gasteiger partial charge in [0.15, 0.2) is 5.82 Å². The van der Waals surface area contributed by atoms with E-state index in [0.29, 0.717) is 0 Å². The lowest BCUT2D eigenvalue weighted by Crippen LogP contribution is -2.29. The Labute approximate surface area is 104 Å². The summed E-state index contributed by atoms with van der Waals surface area (Å²) in [6.45, 7) is 2.14. The van der Waals surface area contributed by atoms with Crippen LogP contribution in [0.15, 0.2) is 18.6 Å². The number of hydrogen-bond acceptors (Lipinski definition) is 4. The van der Waals surface area contributed by atoms with Gasteiger partial charge in [0.05, 0.1) is 0 Å². The number of nitrogens with zero attached hydrogens (tertiary/aromatic N) is 5. The molecule has 1 fully saturated rings. The van der Waals surface area contributed by atoms with Crippen LogP contribution in [-0.2, 0) is 0 Å². The lowest BCUT2D eigenvalue weighted by molar-refractivity contribution is 0.574. The molecule has 0 aromatic carbocycles. The Morgan fingerprint density at radius 2 is 2.06 bits per heavy atom. The zero-order chi connectivity index (χ0) is 11.9. The number of H-pyrrole nitrogens is 1. The van der Waals surface area contributed by atoms with Gasteiger partial charge in [-0.05, 0) is 25.3 Å². The van der Waals surface area contributed by atoms with Gasteiger partial charge in [0.25, 0.3) is 0 Å². The molecule has 4 heterocycles. The van der Waals surface area contributed by atoms with Gasteiger partial charge in [0.1, 0.15) is 17.5 Å². The molecule has 3 aromatic heterocycles. The first-order valence-electron chi connectivity index (χ1n) is 6.35. The van der Waals surface area contributed by atoms with Crippen molar-refractivity contribution >= 4 is 22.4 Å². The molecule has 0 atom stereocenters. The van der Waals surface area contributed by atoms with E-state index in [1.54, 1.807) is 10.8 Å². The Morgan fingerprint density at radius 1 is 1.17 bits per heavy atom. The average Bonchev–Trinajstić information content (AvgIpc) is 3.05. The minimum atomic E-state index is 0.892. The predicted octanol–water partition coefficient (Wildman–Crippen LogP) is 1.60. The van der Waals surface area contributed by atoms with Gasteiger partial charge in [-0.2, -0.15) is 4.52 Å². The summed E-state index contributed by atoms with van der Waals surface area (Å²) < 4.78 is 1.76. The molecule has 1 aliphatic rings. The van der Waals surface area contributed by atoms with Crippen molar-refractivity contribution in [3.8, 4) is 0 Å². The van der Waals surface area contributed by atoms with Gasteiger partial charge >= 0.3 is 0 Å². The molecule has 0 aliphatic carbocycles. The molecular weight excluding hydrogens is 228 g/mol. The van der Waals surface area contributed by atoms with Gasteiger partial charge in [-0.1, -0.05) is 5.21 Å². The van der Waals surface area contributed by atoms with E-state index in [-0.39, 0.29) is 0 Å². The summed E-state index contributed by atoms with van der Waals surface area (Å²) in [6, 6.07) is 2.04. The second-order valence-corrected chi connectivity index (χ2v) is 4.74. The Bertz CT molecular complexity index is 691. The third kappa shape index (κ3) is 1.32. The summed E-state index contributed by atoms with van der Waals surface area (Å²) in [6.07, 6.45) is 7.41. The summed E-state index contributed by atoms with van der Waals surface area (Å²) >= 11 is 0. The largest absolute Gasteiger partial charge is 0.353 e. The highest BCUT2D eigenvalue weighted by atomic mass is 15.4. The van der Waals surface area contributed by atoms with Gasteiger partial charge < -0.3 is 9.88 Å². The molecular formula is C12H14N6. The number of aromatic amines is 1. The van der Waals surface area contributed by atoms with E-state index in [1.807, 2.05) is 12.3 Å². The first-order valence-corrected chi connectivity index (χ1v) is 6.35. The van der Waals surface area contributed by atoms with E-state index < -0.39 is 0 Å². The zero-order valence-corrected chi connectivity index (χ0v) is 10.0. The molecule has 1 aliphatic heterocycles. The van der Waals surface area contributed by atoms with E-state index >= 15 is 0 Å². The quantitative estimate of drug-likeness (QED) is 0.704. The first-order chi connectivity index (χ1) is 8.93. The number of fused-ring (bicyclic) bond motifs is 3. The smallest absolute Gasteiger partial charge is 0.179 e. The van der Waals surface area contributed by atoms with Crippen LogP contribution in [-0.4, -0.2) is 37.9 Å². The maximum atomic E-state index is 4.33. The number of aromatic nitrogens is 5. The van der Waals surface area contributed by atoms with Crippen molar-refractivity contribution in [3.05, 3.63) is 18.6 Å². The van der Waals surface area contributed by atoms with Crippen LogP contribution < -0.4 is 4.90 Å². The maximum Gasteiger partial charge on any atom is 0.179 e. The third-order valence-electron chi connectivity index (χ3n) is 3.61. The summed E-state index contributed by atoms with van der Waals surface area (Å²) in [4.78, 5) is 9.78. The monoisotopic (exact) mass is 242 g/mol. The minimum absolute atomic E-state index is 0.892. The van der Waals surface area contributed by atoms with Crippen molar-refractivity contribution in [1.82, 2.24) is 24.8 Å². The highest BCUT2D eigenvalue weighted by Crippen LogP contribution is 2.27. The Balaban J connectivity index is 1.96. The molecule has 0 saturated carbocycles.